The maximum absolute atomic E-state index is 13.4. The molecule has 0 radical (unpaired) electrons. The summed E-state index contributed by atoms with van der Waals surface area (Å²) in [6, 6.07) is 4.36. The third-order valence-corrected chi connectivity index (χ3v) is 2.76. The third kappa shape index (κ3) is 4.84. The molecule has 98 valence electrons. The molecule has 1 rings (SSSR count). The Morgan fingerprint density at radius 2 is 2.00 bits per heavy atom. The van der Waals surface area contributed by atoms with Crippen LogP contribution in [-0.2, 0) is 20.7 Å². The van der Waals surface area contributed by atoms with E-state index in [1.54, 1.807) is 12.1 Å². The maximum Gasteiger partial charge on any atom is 0.305 e. The van der Waals surface area contributed by atoms with E-state index in [9.17, 15) is 14.0 Å². The van der Waals surface area contributed by atoms with Crippen LogP contribution in [0, 0.1) is 5.82 Å². The second-order valence-corrected chi connectivity index (χ2v) is 4.29. The minimum Gasteiger partial charge on any atom is -0.469 e. The SMILES string of the molecule is COC(=O)CCC(=O)CCc1ccc(Cl)cc1F. The number of halogens is 2. The van der Waals surface area contributed by atoms with Gasteiger partial charge >= 0.3 is 5.97 Å². The maximum atomic E-state index is 13.4. The number of benzene rings is 1. The fourth-order valence-electron chi connectivity index (χ4n) is 1.47. The first kappa shape index (κ1) is 14.6. The smallest absolute Gasteiger partial charge is 0.305 e. The summed E-state index contributed by atoms with van der Waals surface area (Å²) in [4.78, 5) is 22.3. The number of rotatable bonds is 6. The predicted octanol–water partition coefficient (Wildman–Crippen LogP) is 2.93. The highest BCUT2D eigenvalue weighted by molar-refractivity contribution is 6.30. The van der Waals surface area contributed by atoms with Crippen molar-refractivity contribution in [1.29, 1.82) is 0 Å². The zero-order chi connectivity index (χ0) is 13.5. The molecule has 1 aromatic rings. The molecule has 0 aliphatic carbocycles. The van der Waals surface area contributed by atoms with Crippen LogP contribution in [0.5, 0.6) is 0 Å². The number of esters is 1. The molecule has 0 unspecified atom stereocenters. The van der Waals surface area contributed by atoms with Gasteiger partial charge in [-0.1, -0.05) is 17.7 Å². The van der Waals surface area contributed by atoms with Crippen molar-refractivity contribution in [1.82, 2.24) is 0 Å². The Morgan fingerprint density at radius 3 is 2.61 bits per heavy atom. The fraction of sp³-hybridized carbons (Fsp3) is 0.385. The summed E-state index contributed by atoms with van der Waals surface area (Å²) < 4.78 is 17.8. The van der Waals surface area contributed by atoms with Gasteiger partial charge in [-0.2, -0.15) is 0 Å². The van der Waals surface area contributed by atoms with Crippen molar-refractivity contribution in [2.75, 3.05) is 7.11 Å². The molecule has 18 heavy (non-hydrogen) atoms. The van der Waals surface area contributed by atoms with Crippen molar-refractivity contribution in [2.45, 2.75) is 25.7 Å². The van der Waals surface area contributed by atoms with Crippen molar-refractivity contribution < 1.29 is 18.7 Å². The van der Waals surface area contributed by atoms with E-state index < -0.39 is 11.8 Å². The number of carbonyl (C=O) groups is 2. The van der Waals surface area contributed by atoms with Gasteiger partial charge in [0.1, 0.15) is 11.6 Å². The second kappa shape index (κ2) is 7.11. The molecular weight excluding hydrogens is 259 g/mol. The number of aryl methyl sites for hydroxylation is 1. The summed E-state index contributed by atoms with van der Waals surface area (Å²) in [5.74, 6) is -0.918. The zero-order valence-electron chi connectivity index (χ0n) is 10.0. The Bertz CT molecular complexity index is 446. The van der Waals surface area contributed by atoms with Gasteiger partial charge in [0, 0.05) is 17.9 Å². The number of hydrogen-bond acceptors (Lipinski definition) is 3. The first-order chi connectivity index (χ1) is 8.52. The molecule has 3 nitrogen and oxygen atoms in total. The summed E-state index contributed by atoms with van der Waals surface area (Å²) in [5.41, 5.74) is 0.450. The van der Waals surface area contributed by atoms with Gasteiger partial charge in [0.05, 0.1) is 13.5 Å². The Hall–Kier alpha value is -1.42. The molecule has 0 aliphatic heterocycles. The van der Waals surface area contributed by atoms with Gasteiger partial charge in [0.25, 0.3) is 0 Å². The molecule has 0 aliphatic rings. The van der Waals surface area contributed by atoms with Crippen molar-refractivity contribution in [2.24, 2.45) is 0 Å². The average Bonchev–Trinajstić information content (AvgIpc) is 2.34. The van der Waals surface area contributed by atoms with Gasteiger partial charge in [0.15, 0.2) is 0 Å². The van der Waals surface area contributed by atoms with Crippen LogP contribution in [0.25, 0.3) is 0 Å². The molecule has 0 saturated heterocycles. The normalized spacial score (nSPS) is 10.2. The standard InChI is InChI=1S/C13H14ClFO3/c1-18-13(17)7-6-11(16)5-3-9-2-4-10(14)8-12(9)15/h2,4,8H,3,5-7H2,1H3. The second-order valence-electron chi connectivity index (χ2n) is 3.85. The largest absolute Gasteiger partial charge is 0.469 e. The number of Topliss-reactive ketones (excluding diaryl/α,β-unsaturated/α-hetero) is 1. The number of methoxy groups -OCH3 is 1. The van der Waals surface area contributed by atoms with Gasteiger partial charge < -0.3 is 4.74 Å². The minimum atomic E-state index is -0.416. The van der Waals surface area contributed by atoms with Gasteiger partial charge in [0.2, 0.25) is 0 Å². The van der Waals surface area contributed by atoms with Crippen LogP contribution < -0.4 is 0 Å². The van der Waals surface area contributed by atoms with E-state index in [0.717, 1.165) is 0 Å². The van der Waals surface area contributed by atoms with E-state index in [2.05, 4.69) is 4.74 Å². The van der Waals surface area contributed by atoms with E-state index in [-0.39, 0.29) is 25.0 Å². The molecule has 0 spiro atoms. The monoisotopic (exact) mass is 272 g/mol. The van der Waals surface area contributed by atoms with E-state index in [4.69, 9.17) is 11.6 Å². The Kier molecular flexibility index (Phi) is 5.78. The highest BCUT2D eigenvalue weighted by Gasteiger charge is 2.09. The van der Waals surface area contributed by atoms with Crippen molar-refractivity contribution in [3.63, 3.8) is 0 Å². The Balaban J connectivity index is 2.40. The molecule has 0 heterocycles. The number of carbonyl (C=O) groups excluding carboxylic acids is 2. The summed E-state index contributed by atoms with van der Waals surface area (Å²) in [6.07, 6.45) is 0.707. The number of ether oxygens (including phenoxy) is 1. The van der Waals surface area contributed by atoms with Crippen molar-refractivity contribution >= 4 is 23.4 Å². The summed E-state index contributed by atoms with van der Waals surface area (Å²) >= 11 is 5.62. The quantitative estimate of drug-likeness (QED) is 0.748. The highest BCUT2D eigenvalue weighted by atomic mass is 35.5. The zero-order valence-corrected chi connectivity index (χ0v) is 10.8. The van der Waals surface area contributed by atoms with Gasteiger partial charge in [-0.25, -0.2) is 4.39 Å². The fourth-order valence-corrected chi connectivity index (χ4v) is 1.63. The lowest BCUT2D eigenvalue weighted by atomic mass is 10.0. The molecule has 0 saturated carbocycles. The van der Waals surface area contributed by atoms with Crippen LogP contribution in [0.3, 0.4) is 0 Å². The Morgan fingerprint density at radius 1 is 1.28 bits per heavy atom. The molecule has 1 aromatic carbocycles. The molecule has 0 bridgehead atoms. The molecule has 0 fully saturated rings. The summed E-state index contributed by atoms with van der Waals surface area (Å²) in [7, 11) is 1.27. The lowest BCUT2D eigenvalue weighted by molar-refractivity contribution is -0.141. The topological polar surface area (TPSA) is 43.4 Å². The van der Waals surface area contributed by atoms with Crippen LogP contribution >= 0.6 is 11.6 Å². The molecule has 5 heteroatoms. The molecule has 0 amide bonds. The predicted molar refractivity (Wildman–Crippen MR) is 66.0 cm³/mol. The molecule has 0 aromatic heterocycles. The van der Waals surface area contributed by atoms with E-state index >= 15 is 0 Å². The number of hydrogen-bond donors (Lipinski definition) is 0. The van der Waals surface area contributed by atoms with Crippen molar-refractivity contribution in [3.05, 3.63) is 34.6 Å². The van der Waals surface area contributed by atoms with E-state index in [0.29, 0.717) is 17.0 Å². The van der Waals surface area contributed by atoms with E-state index in [1.165, 1.54) is 13.2 Å². The van der Waals surface area contributed by atoms with Crippen molar-refractivity contribution in [3.8, 4) is 0 Å². The van der Waals surface area contributed by atoms with E-state index in [1.807, 2.05) is 0 Å². The first-order valence-electron chi connectivity index (χ1n) is 5.55. The number of ketones is 1. The first-order valence-corrected chi connectivity index (χ1v) is 5.93. The van der Waals surface area contributed by atoms with Crippen LogP contribution in [0.2, 0.25) is 5.02 Å². The molecule has 0 atom stereocenters. The lowest BCUT2D eigenvalue weighted by Gasteiger charge is -2.03. The summed E-state index contributed by atoms with van der Waals surface area (Å²) in [5, 5.41) is 0.327. The average molecular weight is 273 g/mol. The summed E-state index contributed by atoms with van der Waals surface area (Å²) in [6.45, 7) is 0. The van der Waals surface area contributed by atoms with Crippen LogP contribution in [0.4, 0.5) is 4.39 Å². The van der Waals surface area contributed by atoms with Gasteiger partial charge in [-0.05, 0) is 24.1 Å². The van der Waals surface area contributed by atoms with Crippen LogP contribution in [-0.4, -0.2) is 18.9 Å². The third-order valence-electron chi connectivity index (χ3n) is 2.52. The Labute approximate surface area is 110 Å². The van der Waals surface area contributed by atoms with Crippen LogP contribution in [0.15, 0.2) is 18.2 Å². The lowest BCUT2D eigenvalue weighted by Crippen LogP contribution is -2.06. The molecule has 0 N–H and O–H groups in total. The minimum absolute atomic E-state index is 0.0679. The highest BCUT2D eigenvalue weighted by Crippen LogP contribution is 2.16. The van der Waals surface area contributed by atoms with Gasteiger partial charge in [-0.3, -0.25) is 9.59 Å². The van der Waals surface area contributed by atoms with Crippen LogP contribution in [0.1, 0.15) is 24.8 Å². The molecular formula is C13H14ClFO3. The van der Waals surface area contributed by atoms with Gasteiger partial charge in [-0.15, -0.1) is 0 Å².